The summed E-state index contributed by atoms with van der Waals surface area (Å²) in [6, 6.07) is 8.71. The summed E-state index contributed by atoms with van der Waals surface area (Å²) in [5.41, 5.74) is 5.97. The number of rotatable bonds is 2. The third-order valence-corrected chi connectivity index (χ3v) is 2.12. The Morgan fingerprint density at radius 2 is 1.83 bits per heavy atom. The summed E-state index contributed by atoms with van der Waals surface area (Å²) in [7, 11) is -2.56. The van der Waals surface area contributed by atoms with E-state index < -0.39 is 13.8 Å². The van der Waals surface area contributed by atoms with Gasteiger partial charge in [-0.15, -0.1) is 0 Å². The molecule has 0 aliphatic rings. The Kier molecular flexibility index (Phi) is 5.93. The van der Waals surface area contributed by atoms with E-state index in [1.165, 1.54) is 0 Å². The zero-order valence-corrected chi connectivity index (χ0v) is 9.70. The second-order valence-electron chi connectivity index (χ2n) is 2.14. The van der Waals surface area contributed by atoms with Crippen LogP contribution in [0.1, 0.15) is 11.3 Å². The van der Waals surface area contributed by atoms with Crippen LogP contribution in [0, 0.1) is 0 Å². The van der Waals surface area contributed by atoms with Gasteiger partial charge in [-0.2, -0.15) is 0 Å². The molecule has 0 aromatic heterocycles. The molecule has 2 unspecified atom stereocenters. The predicted molar refractivity (Wildman–Crippen MR) is 41.0 cm³/mol. The molecule has 0 aliphatic heterocycles. The van der Waals surface area contributed by atoms with Crippen molar-refractivity contribution in [1.29, 1.82) is 0 Å². The Morgan fingerprint density at radius 1 is 1.33 bits per heavy atom. The van der Waals surface area contributed by atoms with Crippen molar-refractivity contribution < 1.29 is 39.0 Å². The van der Waals surface area contributed by atoms with E-state index in [4.69, 9.17) is 5.73 Å². The molecule has 5 heteroatoms. The Hall–Kier alpha value is 0.240. The molecule has 0 aliphatic carbocycles. The van der Waals surface area contributed by atoms with Gasteiger partial charge < -0.3 is 4.89 Å². The van der Waals surface area contributed by atoms with Crippen molar-refractivity contribution in [1.82, 2.24) is 0 Å². The zero-order valence-electron chi connectivity index (χ0n) is 6.81. The minimum atomic E-state index is -2.56. The van der Waals surface area contributed by atoms with E-state index in [-0.39, 0.29) is 29.6 Å². The van der Waals surface area contributed by atoms with Gasteiger partial charge in [0.15, 0.2) is 0 Å². The maximum atomic E-state index is 10.4. The SMILES string of the molecule is NC(c1ccccc1)[P+](=O)[O-].[Na+]. The van der Waals surface area contributed by atoms with Gasteiger partial charge in [-0.3, -0.25) is 5.73 Å². The predicted octanol–water partition coefficient (Wildman–Crippen LogP) is -2.25. The summed E-state index contributed by atoms with van der Waals surface area (Å²) in [4.78, 5) is 10.4. The molecule has 0 saturated carbocycles. The van der Waals surface area contributed by atoms with Gasteiger partial charge in [0.1, 0.15) is 0 Å². The third-order valence-electron chi connectivity index (χ3n) is 1.37. The molecule has 0 saturated heterocycles. The molecule has 0 spiro atoms. The fourth-order valence-corrected chi connectivity index (χ4v) is 1.19. The average molecular weight is 192 g/mol. The largest absolute Gasteiger partial charge is 1.00 e. The first kappa shape index (κ1) is 12.2. The molecule has 2 N–H and O–H groups in total. The molecule has 3 nitrogen and oxygen atoms in total. The Bertz CT molecular complexity index is 255. The Morgan fingerprint density at radius 3 is 2.25 bits per heavy atom. The molecular weight excluding hydrogens is 184 g/mol. The summed E-state index contributed by atoms with van der Waals surface area (Å²) < 4.78 is 10.4. The van der Waals surface area contributed by atoms with Crippen LogP contribution >= 0.6 is 8.03 Å². The average Bonchev–Trinajstić information content (AvgIpc) is 2.05. The number of benzene rings is 1. The monoisotopic (exact) mass is 192 g/mol. The normalized spacial score (nSPS) is 13.0. The summed E-state index contributed by atoms with van der Waals surface area (Å²) in [6.45, 7) is 0. The van der Waals surface area contributed by atoms with E-state index in [0.717, 1.165) is 0 Å². The molecule has 58 valence electrons. The van der Waals surface area contributed by atoms with Crippen molar-refractivity contribution in [3.63, 3.8) is 0 Å². The van der Waals surface area contributed by atoms with E-state index in [1.54, 1.807) is 24.3 Å². The van der Waals surface area contributed by atoms with Gasteiger partial charge in [0.2, 0.25) is 5.78 Å². The van der Waals surface area contributed by atoms with Crippen LogP contribution in [0.25, 0.3) is 0 Å². The molecule has 0 amide bonds. The maximum absolute atomic E-state index is 10.4. The fourth-order valence-electron chi connectivity index (χ4n) is 0.772. The molecule has 2 atom stereocenters. The Balaban J connectivity index is 0.00000121. The summed E-state index contributed by atoms with van der Waals surface area (Å²) in [6.07, 6.45) is 0. The second-order valence-corrected chi connectivity index (χ2v) is 3.27. The number of nitrogens with two attached hydrogens (primary N) is 1. The van der Waals surface area contributed by atoms with E-state index in [2.05, 4.69) is 0 Å². The van der Waals surface area contributed by atoms with Gasteiger partial charge in [-0.05, 0) is 0 Å². The molecular formula is C7H8NNaO2P+. The van der Waals surface area contributed by atoms with Gasteiger partial charge in [0.25, 0.3) is 0 Å². The van der Waals surface area contributed by atoms with Crippen molar-refractivity contribution in [2.24, 2.45) is 5.73 Å². The first-order valence-corrected chi connectivity index (χ1v) is 4.40. The minimum absolute atomic E-state index is 0. The molecule has 0 radical (unpaired) electrons. The van der Waals surface area contributed by atoms with Gasteiger partial charge in [-0.1, -0.05) is 34.9 Å². The van der Waals surface area contributed by atoms with Crippen LogP contribution < -0.4 is 40.2 Å². The van der Waals surface area contributed by atoms with Crippen molar-refractivity contribution >= 4 is 8.03 Å². The van der Waals surface area contributed by atoms with Crippen molar-refractivity contribution in [2.45, 2.75) is 5.78 Å². The van der Waals surface area contributed by atoms with E-state index >= 15 is 0 Å². The molecule has 1 rings (SSSR count). The van der Waals surface area contributed by atoms with Gasteiger partial charge >= 0.3 is 37.6 Å². The summed E-state index contributed by atoms with van der Waals surface area (Å²) in [5.74, 6) is -0.869. The Labute approximate surface area is 94.1 Å². The third kappa shape index (κ3) is 3.31. The standard InChI is InChI=1S/C7H8NO2P.Na/c8-7(11(9)10)6-4-2-1-3-5-6;/h1-5,7H,8H2;/q;+1. The smallest absolute Gasteiger partial charge is 0.594 e. The molecule has 1 aromatic carbocycles. The molecule has 0 fully saturated rings. The summed E-state index contributed by atoms with van der Waals surface area (Å²) >= 11 is 0. The van der Waals surface area contributed by atoms with Crippen LogP contribution in [0.3, 0.4) is 0 Å². The molecule has 0 heterocycles. The van der Waals surface area contributed by atoms with Crippen molar-refractivity contribution in [2.75, 3.05) is 0 Å². The van der Waals surface area contributed by atoms with Crippen LogP contribution in [0.15, 0.2) is 30.3 Å². The first-order valence-electron chi connectivity index (χ1n) is 3.16. The van der Waals surface area contributed by atoms with Crippen LogP contribution in [-0.4, -0.2) is 0 Å². The quantitative estimate of drug-likeness (QED) is 0.425. The van der Waals surface area contributed by atoms with E-state index in [0.29, 0.717) is 5.56 Å². The first-order chi connectivity index (χ1) is 5.22. The van der Waals surface area contributed by atoms with Crippen molar-refractivity contribution in [3.8, 4) is 0 Å². The fraction of sp³-hybridized carbons (Fsp3) is 0.143. The maximum Gasteiger partial charge on any atom is 1.00 e. The minimum Gasteiger partial charge on any atom is -0.594 e. The zero-order chi connectivity index (χ0) is 8.27. The molecule has 1 aromatic rings. The van der Waals surface area contributed by atoms with E-state index in [9.17, 15) is 9.46 Å². The van der Waals surface area contributed by atoms with E-state index in [1.807, 2.05) is 6.07 Å². The van der Waals surface area contributed by atoms with Crippen LogP contribution in [0.5, 0.6) is 0 Å². The van der Waals surface area contributed by atoms with Gasteiger partial charge in [0, 0.05) is 5.56 Å². The van der Waals surface area contributed by atoms with Crippen molar-refractivity contribution in [3.05, 3.63) is 35.9 Å². The molecule has 12 heavy (non-hydrogen) atoms. The van der Waals surface area contributed by atoms with Gasteiger partial charge in [0.05, 0.1) is 0 Å². The topological polar surface area (TPSA) is 66.2 Å². The number of hydrogen-bond acceptors (Lipinski definition) is 3. The molecule has 0 bridgehead atoms. The number of hydrogen-bond donors (Lipinski definition) is 1. The van der Waals surface area contributed by atoms with Crippen LogP contribution in [-0.2, 0) is 4.57 Å². The second kappa shape index (κ2) is 5.81. The van der Waals surface area contributed by atoms with Crippen LogP contribution in [0.4, 0.5) is 0 Å². The van der Waals surface area contributed by atoms with Crippen LogP contribution in [0.2, 0.25) is 0 Å². The summed E-state index contributed by atoms with van der Waals surface area (Å²) in [5, 5.41) is 0. The van der Waals surface area contributed by atoms with Gasteiger partial charge in [-0.25, -0.2) is 0 Å².